The molecule has 1 aliphatic heterocycles. The first-order valence-electron chi connectivity index (χ1n) is 4.81. The van der Waals surface area contributed by atoms with E-state index in [-0.39, 0.29) is 0 Å². The second-order valence-electron chi connectivity index (χ2n) is 3.60. The van der Waals surface area contributed by atoms with Crippen molar-refractivity contribution in [2.45, 2.75) is 10.4 Å². The van der Waals surface area contributed by atoms with Crippen molar-refractivity contribution < 1.29 is 4.74 Å². The maximum absolute atomic E-state index is 5.70. The second-order valence-corrected chi connectivity index (χ2v) is 4.88. The van der Waals surface area contributed by atoms with Crippen LogP contribution >= 0.6 is 11.8 Å². The Morgan fingerprint density at radius 3 is 3.07 bits per heavy atom. The van der Waals surface area contributed by atoms with Gasteiger partial charge in [0, 0.05) is 5.69 Å². The molecule has 3 N–H and O–H groups in total. The van der Waals surface area contributed by atoms with Crippen molar-refractivity contribution in [3.8, 4) is 0 Å². The molecule has 78 valence electrons. The van der Waals surface area contributed by atoms with E-state index in [1.807, 2.05) is 18.2 Å². The number of ether oxygens (including phenoxy) is 1. The van der Waals surface area contributed by atoms with Gasteiger partial charge in [-0.3, -0.25) is 0 Å². The molecule has 3 rings (SSSR count). The lowest BCUT2D eigenvalue weighted by molar-refractivity contribution is 0.0454. The van der Waals surface area contributed by atoms with Gasteiger partial charge in [-0.1, -0.05) is 11.8 Å². The third-order valence-corrected chi connectivity index (χ3v) is 3.39. The van der Waals surface area contributed by atoms with E-state index in [1.54, 1.807) is 11.8 Å². The van der Waals surface area contributed by atoms with Gasteiger partial charge in [-0.25, -0.2) is 4.98 Å². The number of imidazole rings is 1. The van der Waals surface area contributed by atoms with Crippen molar-refractivity contribution in [2.24, 2.45) is 0 Å². The average Bonchev–Trinajstić information content (AvgIpc) is 2.53. The fourth-order valence-corrected chi connectivity index (χ4v) is 2.46. The van der Waals surface area contributed by atoms with E-state index in [4.69, 9.17) is 10.5 Å². The van der Waals surface area contributed by atoms with E-state index in [0.717, 1.165) is 35.1 Å². The number of anilines is 1. The van der Waals surface area contributed by atoms with Crippen LogP contribution in [0.25, 0.3) is 11.0 Å². The number of hydrogen-bond donors (Lipinski definition) is 2. The fraction of sp³-hybridized carbons (Fsp3) is 0.300. The number of nitrogen functional groups attached to an aromatic ring is 1. The van der Waals surface area contributed by atoms with E-state index >= 15 is 0 Å². The fourth-order valence-electron chi connectivity index (χ4n) is 1.50. The van der Waals surface area contributed by atoms with Crippen LogP contribution in [-0.4, -0.2) is 28.4 Å². The summed E-state index contributed by atoms with van der Waals surface area (Å²) >= 11 is 1.73. The Balaban J connectivity index is 1.91. The summed E-state index contributed by atoms with van der Waals surface area (Å²) in [5.74, 6) is 0. The van der Waals surface area contributed by atoms with Crippen LogP contribution in [-0.2, 0) is 4.74 Å². The number of fused-ring (bicyclic) bond motifs is 1. The molecule has 0 spiro atoms. The highest BCUT2D eigenvalue weighted by Gasteiger charge is 2.21. The predicted molar refractivity (Wildman–Crippen MR) is 61.0 cm³/mol. The number of nitrogens with two attached hydrogens (primary N) is 1. The molecule has 4 nitrogen and oxygen atoms in total. The van der Waals surface area contributed by atoms with Crippen LogP contribution < -0.4 is 5.73 Å². The molecule has 2 aromatic rings. The van der Waals surface area contributed by atoms with Crippen LogP contribution in [0.1, 0.15) is 0 Å². The third kappa shape index (κ3) is 1.68. The lowest BCUT2D eigenvalue weighted by atomic mass is 10.3. The minimum Gasteiger partial charge on any atom is -0.399 e. The Labute approximate surface area is 91.2 Å². The number of H-pyrrole nitrogens is 1. The molecule has 1 saturated heterocycles. The molecule has 2 heterocycles. The molecule has 0 saturated carbocycles. The maximum Gasteiger partial charge on any atom is 0.166 e. The second kappa shape index (κ2) is 3.43. The number of hydrogen-bond acceptors (Lipinski definition) is 4. The van der Waals surface area contributed by atoms with E-state index < -0.39 is 0 Å². The van der Waals surface area contributed by atoms with Crippen molar-refractivity contribution in [1.82, 2.24) is 9.97 Å². The van der Waals surface area contributed by atoms with Crippen molar-refractivity contribution in [3.05, 3.63) is 18.2 Å². The Morgan fingerprint density at radius 2 is 2.33 bits per heavy atom. The molecule has 1 fully saturated rings. The summed E-state index contributed by atoms with van der Waals surface area (Å²) in [6.45, 7) is 1.65. The largest absolute Gasteiger partial charge is 0.399 e. The minimum absolute atomic E-state index is 0.544. The summed E-state index contributed by atoms with van der Waals surface area (Å²) in [7, 11) is 0. The summed E-state index contributed by atoms with van der Waals surface area (Å²) in [6.07, 6.45) is 0. The summed E-state index contributed by atoms with van der Waals surface area (Å²) < 4.78 is 5.12. The minimum atomic E-state index is 0.544. The monoisotopic (exact) mass is 221 g/mol. The molecule has 15 heavy (non-hydrogen) atoms. The Bertz CT molecular complexity index is 492. The molecule has 5 heteroatoms. The van der Waals surface area contributed by atoms with Gasteiger partial charge in [0.1, 0.15) is 0 Å². The van der Waals surface area contributed by atoms with Crippen LogP contribution in [0.5, 0.6) is 0 Å². The summed E-state index contributed by atoms with van der Waals surface area (Å²) in [5, 5.41) is 1.49. The normalized spacial score (nSPS) is 16.8. The molecule has 0 bridgehead atoms. The van der Waals surface area contributed by atoms with Gasteiger partial charge in [-0.2, -0.15) is 0 Å². The van der Waals surface area contributed by atoms with Crippen LogP contribution in [0.3, 0.4) is 0 Å². The van der Waals surface area contributed by atoms with Gasteiger partial charge in [-0.15, -0.1) is 0 Å². The standard InChI is InChI=1S/C10H11N3OS/c11-6-1-2-8-9(3-6)13-10(12-8)15-7-4-14-5-7/h1-3,7H,4-5,11H2,(H,12,13). The van der Waals surface area contributed by atoms with Gasteiger partial charge in [0.05, 0.1) is 29.5 Å². The average molecular weight is 221 g/mol. The first-order chi connectivity index (χ1) is 7.31. The smallest absolute Gasteiger partial charge is 0.166 e. The highest BCUT2D eigenvalue weighted by atomic mass is 32.2. The highest BCUT2D eigenvalue weighted by Crippen LogP contribution is 2.27. The van der Waals surface area contributed by atoms with Crippen LogP contribution in [0, 0.1) is 0 Å². The van der Waals surface area contributed by atoms with Crippen molar-refractivity contribution in [2.75, 3.05) is 18.9 Å². The molecule has 1 aromatic heterocycles. The lowest BCUT2D eigenvalue weighted by Crippen LogP contribution is -2.30. The number of rotatable bonds is 2. The quantitative estimate of drug-likeness (QED) is 0.757. The molecule has 1 aliphatic rings. The number of nitrogens with one attached hydrogen (secondary N) is 1. The number of aromatic nitrogens is 2. The van der Waals surface area contributed by atoms with Gasteiger partial charge in [0.15, 0.2) is 5.16 Å². The van der Waals surface area contributed by atoms with E-state index in [0.29, 0.717) is 5.25 Å². The molecule has 0 radical (unpaired) electrons. The molecule has 0 atom stereocenters. The molecule has 0 amide bonds. The van der Waals surface area contributed by atoms with E-state index in [1.165, 1.54) is 0 Å². The van der Waals surface area contributed by atoms with Crippen LogP contribution in [0.2, 0.25) is 0 Å². The van der Waals surface area contributed by atoms with Gasteiger partial charge >= 0.3 is 0 Å². The van der Waals surface area contributed by atoms with E-state index in [9.17, 15) is 0 Å². The molecule has 1 aromatic carbocycles. The Hall–Kier alpha value is -1.20. The first kappa shape index (κ1) is 9.06. The summed E-state index contributed by atoms with van der Waals surface area (Å²) in [4.78, 5) is 7.72. The van der Waals surface area contributed by atoms with Gasteiger partial charge < -0.3 is 15.5 Å². The zero-order valence-electron chi connectivity index (χ0n) is 8.06. The third-order valence-electron chi connectivity index (χ3n) is 2.37. The first-order valence-corrected chi connectivity index (χ1v) is 5.69. The zero-order valence-corrected chi connectivity index (χ0v) is 8.88. The lowest BCUT2D eigenvalue weighted by Gasteiger charge is -2.23. The molecular weight excluding hydrogens is 210 g/mol. The van der Waals surface area contributed by atoms with Gasteiger partial charge in [0.25, 0.3) is 0 Å². The Kier molecular flexibility index (Phi) is 2.07. The zero-order chi connectivity index (χ0) is 10.3. The van der Waals surface area contributed by atoms with Gasteiger partial charge in [0.2, 0.25) is 0 Å². The highest BCUT2D eigenvalue weighted by molar-refractivity contribution is 7.99. The maximum atomic E-state index is 5.70. The van der Waals surface area contributed by atoms with Crippen LogP contribution in [0.4, 0.5) is 5.69 Å². The summed E-state index contributed by atoms with van der Waals surface area (Å²) in [5.41, 5.74) is 8.42. The number of aromatic amines is 1. The van der Waals surface area contributed by atoms with Crippen molar-refractivity contribution in [1.29, 1.82) is 0 Å². The van der Waals surface area contributed by atoms with Crippen molar-refractivity contribution >= 4 is 28.5 Å². The Morgan fingerprint density at radius 1 is 1.47 bits per heavy atom. The molecule has 0 unspecified atom stereocenters. The SMILES string of the molecule is Nc1ccc2nc(SC3COC3)[nH]c2c1. The number of benzene rings is 1. The van der Waals surface area contributed by atoms with Crippen molar-refractivity contribution in [3.63, 3.8) is 0 Å². The van der Waals surface area contributed by atoms with Gasteiger partial charge in [-0.05, 0) is 18.2 Å². The summed E-state index contributed by atoms with van der Waals surface area (Å²) in [6, 6.07) is 5.70. The topological polar surface area (TPSA) is 63.9 Å². The number of nitrogens with zero attached hydrogens (tertiary/aromatic N) is 1. The molecular formula is C10H11N3OS. The molecule has 0 aliphatic carbocycles. The number of thioether (sulfide) groups is 1. The predicted octanol–water partition coefficient (Wildman–Crippen LogP) is 1.64. The van der Waals surface area contributed by atoms with Crippen LogP contribution in [0.15, 0.2) is 23.4 Å². The van der Waals surface area contributed by atoms with E-state index in [2.05, 4.69) is 9.97 Å².